The number of aryl methyl sites for hydroxylation is 1. The lowest BCUT2D eigenvalue weighted by atomic mass is 10.2. The molecule has 0 aliphatic rings. The first-order chi connectivity index (χ1) is 13.2. The predicted molar refractivity (Wildman–Crippen MR) is 104 cm³/mol. The Morgan fingerprint density at radius 1 is 1.29 bits per heavy atom. The zero-order chi connectivity index (χ0) is 20.9. The van der Waals surface area contributed by atoms with Gasteiger partial charge < -0.3 is 14.6 Å². The van der Waals surface area contributed by atoms with Gasteiger partial charge in [0.1, 0.15) is 10.6 Å². The maximum atomic E-state index is 12.7. The van der Waals surface area contributed by atoms with Crippen LogP contribution in [0.2, 0.25) is 5.02 Å². The van der Waals surface area contributed by atoms with Crippen LogP contribution in [-0.2, 0) is 33.1 Å². The quantitative estimate of drug-likeness (QED) is 0.648. The summed E-state index contributed by atoms with van der Waals surface area (Å²) >= 11 is 6.03. The van der Waals surface area contributed by atoms with Crippen molar-refractivity contribution in [1.29, 1.82) is 0 Å². The largest absolute Gasteiger partial charge is 0.461 e. The zero-order valence-electron chi connectivity index (χ0n) is 15.8. The smallest absolute Gasteiger partial charge is 0.354 e. The number of benzene rings is 1. The summed E-state index contributed by atoms with van der Waals surface area (Å²) in [5.74, 6) is -1.10. The highest BCUT2D eigenvalue weighted by Gasteiger charge is 2.26. The number of ether oxygens (including phenoxy) is 1. The first-order valence-electron chi connectivity index (χ1n) is 8.46. The number of aromatic nitrogens is 1. The van der Waals surface area contributed by atoms with Crippen molar-refractivity contribution in [3.8, 4) is 0 Å². The van der Waals surface area contributed by atoms with E-state index >= 15 is 0 Å². The van der Waals surface area contributed by atoms with Crippen molar-refractivity contribution in [2.75, 3.05) is 20.2 Å². The number of nitrogens with one attached hydrogen (secondary N) is 1. The van der Waals surface area contributed by atoms with E-state index in [1.54, 1.807) is 38.2 Å². The second-order valence-electron chi connectivity index (χ2n) is 6.02. The molecular formula is C18H22ClN3O5S. The number of hydrogen-bond acceptors (Lipinski definition) is 5. The molecule has 0 atom stereocenters. The van der Waals surface area contributed by atoms with Gasteiger partial charge in [0.05, 0.1) is 13.2 Å². The second kappa shape index (κ2) is 9.22. The molecule has 0 bridgehead atoms. The monoisotopic (exact) mass is 427 g/mol. The molecule has 1 amide bonds. The number of esters is 1. The van der Waals surface area contributed by atoms with Gasteiger partial charge in [-0.15, -0.1) is 0 Å². The molecule has 1 heterocycles. The van der Waals surface area contributed by atoms with Gasteiger partial charge in [-0.25, -0.2) is 13.2 Å². The first kappa shape index (κ1) is 21.9. The van der Waals surface area contributed by atoms with Crippen LogP contribution in [0.1, 0.15) is 23.0 Å². The summed E-state index contributed by atoms with van der Waals surface area (Å²) < 4.78 is 32.6. The van der Waals surface area contributed by atoms with Crippen LogP contribution in [0.4, 0.5) is 0 Å². The van der Waals surface area contributed by atoms with Gasteiger partial charge in [-0.3, -0.25) is 4.79 Å². The average Bonchev–Trinajstić information content (AvgIpc) is 3.04. The Morgan fingerprint density at radius 3 is 2.61 bits per heavy atom. The highest BCUT2D eigenvalue weighted by atomic mass is 35.5. The molecular weight excluding hydrogens is 406 g/mol. The van der Waals surface area contributed by atoms with Crippen LogP contribution in [0.15, 0.2) is 41.4 Å². The van der Waals surface area contributed by atoms with Crippen molar-refractivity contribution in [3.63, 3.8) is 0 Å². The Hall–Kier alpha value is -2.36. The summed E-state index contributed by atoms with van der Waals surface area (Å²) in [4.78, 5) is 23.9. The number of hydrogen-bond donors (Lipinski definition) is 1. The van der Waals surface area contributed by atoms with Gasteiger partial charge in [-0.1, -0.05) is 29.8 Å². The van der Waals surface area contributed by atoms with E-state index in [0.717, 1.165) is 9.87 Å². The van der Waals surface area contributed by atoms with Crippen molar-refractivity contribution in [2.24, 2.45) is 7.05 Å². The normalized spacial score (nSPS) is 11.5. The SMILES string of the molecule is CCOC(=O)c1cc(S(=O)(=O)N(C)CC(=O)NCc2ccccc2Cl)cn1C. The summed E-state index contributed by atoms with van der Waals surface area (Å²) in [5.41, 5.74) is 0.835. The minimum absolute atomic E-state index is 0.0977. The van der Waals surface area contributed by atoms with Crippen LogP contribution in [-0.4, -0.2) is 49.4 Å². The number of likely N-dealkylation sites (N-methyl/N-ethyl adjacent to an activating group) is 1. The van der Waals surface area contributed by atoms with Gasteiger partial charge in [0, 0.05) is 31.9 Å². The van der Waals surface area contributed by atoms with Crippen LogP contribution in [0.5, 0.6) is 0 Å². The average molecular weight is 428 g/mol. The van der Waals surface area contributed by atoms with Gasteiger partial charge in [-0.2, -0.15) is 4.31 Å². The summed E-state index contributed by atoms with van der Waals surface area (Å²) in [6, 6.07) is 8.27. The number of nitrogens with zero attached hydrogens (tertiary/aromatic N) is 2. The first-order valence-corrected chi connectivity index (χ1v) is 10.3. The fourth-order valence-corrected chi connectivity index (χ4v) is 3.84. The van der Waals surface area contributed by atoms with Crippen LogP contribution in [0.25, 0.3) is 0 Å². The topological polar surface area (TPSA) is 97.7 Å². The van der Waals surface area contributed by atoms with Gasteiger partial charge in [0.25, 0.3) is 0 Å². The van der Waals surface area contributed by atoms with Crippen LogP contribution >= 0.6 is 11.6 Å². The standard InChI is InChI=1S/C18H22ClN3O5S/c1-4-27-18(24)16-9-14(11-21(16)2)28(25,26)22(3)12-17(23)20-10-13-7-5-6-8-15(13)19/h5-9,11H,4,10,12H2,1-3H3,(H,20,23). The molecule has 0 unspecified atom stereocenters. The molecule has 2 rings (SSSR count). The van der Waals surface area contributed by atoms with E-state index in [2.05, 4.69) is 5.32 Å². The summed E-state index contributed by atoms with van der Waals surface area (Å²) in [5, 5.41) is 3.15. The maximum Gasteiger partial charge on any atom is 0.354 e. The molecule has 0 saturated heterocycles. The number of sulfonamides is 1. The Morgan fingerprint density at radius 2 is 1.96 bits per heavy atom. The lowest BCUT2D eigenvalue weighted by molar-refractivity contribution is -0.121. The fraction of sp³-hybridized carbons (Fsp3) is 0.333. The number of carbonyl (C=O) groups excluding carboxylic acids is 2. The van der Waals surface area contributed by atoms with Gasteiger partial charge >= 0.3 is 5.97 Å². The third-order valence-electron chi connectivity index (χ3n) is 3.97. The fourth-order valence-electron chi connectivity index (χ4n) is 2.44. The zero-order valence-corrected chi connectivity index (χ0v) is 17.4. The molecule has 0 fully saturated rings. The molecule has 1 aromatic heterocycles. The molecule has 2 aromatic rings. The second-order valence-corrected chi connectivity index (χ2v) is 8.47. The van der Waals surface area contributed by atoms with Crippen molar-refractivity contribution in [1.82, 2.24) is 14.2 Å². The molecule has 0 aliphatic heterocycles. The maximum absolute atomic E-state index is 12.7. The van der Waals surface area contributed by atoms with Crippen molar-refractivity contribution >= 4 is 33.5 Å². The molecule has 28 heavy (non-hydrogen) atoms. The van der Waals surface area contributed by atoms with Gasteiger partial charge in [0.2, 0.25) is 15.9 Å². The molecule has 0 aliphatic carbocycles. The van der Waals surface area contributed by atoms with Crippen LogP contribution < -0.4 is 5.32 Å². The van der Waals surface area contributed by atoms with Crippen molar-refractivity contribution < 1.29 is 22.7 Å². The highest BCUT2D eigenvalue weighted by molar-refractivity contribution is 7.89. The number of halogens is 1. The third kappa shape index (κ3) is 5.12. The van der Waals surface area contributed by atoms with Crippen LogP contribution in [0, 0.1) is 0 Å². The molecule has 8 nitrogen and oxygen atoms in total. The van der Waals surface area contributed by atoms with E-state index in [9.17, 15) is 18.0 Å². The predicted octanol–water partition coefficient (Wildman–Crippen LogP) is 1.79. The molecule has 1 aromatic carbocycles. The minimum Gasteiger partial charge on any atom is -0.461 e. The molecule has 10 heteroatoms. The summed E-state index contributed by atoms with van der Waals surface area (Å²) in [7, 11) is -1.12. The molecule has 0 radical (unpaired) electrons. The van der Waals surface area contributed by atoms with Crippen LogP contribution in [0.3, 0.4) is 0 Å². The molecule has 0 spiro atoms. The number of carbonyl (C=O) groups is 2. The number of rotatable bonds is 8. The van der Waals surface area contributed by atoms with E-state index in [0.29, 0.717) is 5.02 Å². The molecule has 152 valence electrons. The van der Waals surface area contributed by atoms with Crippen molar-refractivity contribution in [3.05, 3.63) is 52.8 Å². The highest BCUT2D eigenvalue weighted by Crippen LogP contribution is 2.18. The van der Waals surface area contributed by atoms with E-state index in [-0.39, 0.29) is 30.3 Å². The Balaban J connectivity index is 2.05. The Labute approximate surface area is 169 Å². The molecule has 1 N–H and O–H groups in total. The van der Waals surface area contributed by atoms with E-state index in [1.807, 2.05) is 0 Å². The summed E-state index contributed by atoms with van der Waals surface area (Å²) in [6.07, 6.45) is 1.31. The van der Waals surface area contributed by atoms with E-state index in [1.165, 1.54) is 23.9 Å². The van der Waals surface area contributed by atoms with Gasteiger partial charge in [0.15, 0.2) is 0 Å². The Bertz CT molecular complexity index is 971. The lowest BCUT2D eigenvalue weighted by Gasteiger charge is -2.16. The third-order valence-corrected chi connectivity index (χ3v) is 6.11. The Kier molecular flexibility index (Phi) is 7.22. The summed E-state index contributed by atoms with van der Waals surface area (Å²) in [6.45, 7) is 1.65. The van der Waals surface area contributed by atoms with Gasteiger partial charge in [-0.05, 0) is 24.6 Å². The molecule has 0 saturated carbocycles. The van der Waals surface area contributed by atoms with E-state index < -0.39 is 21.9 Å². The lowest BCUT2D eigenvalue weighted by Crippen LogP contribution is -2.38. The number of amides is 1. The van der Waals surface area contributed by atoms with Crippen molar-refractivity contribution in [2.45, 2.75) is 18.4 Å². The van der Waals surface area contributed by atoms with E-state index in [4.69, 9.17) is 16.3 Å². The minimum atomic E-state index is -3.96.